The summed E-state index contributed by atoms with van der Waals surface area (Å²) in [5.74, 6) is 0.264. The summed E-state index contributed by atoms with van der Waals surface area (Å²) < 4.78 is 11.2. The second-order valence-electron chi connectivity index (χ2n) is 8.87. The van der Waals surface area contributed by atoms with Gasteiger partial charge in [-0.15, -0.1) is 0 Å². The zero-order valence-electron chi connectivity index (χ0n) is 15.5. The molecule has 1 saturated heterocycles. The van der Waals surface area contributed by atoms with Crippen LogP contribution in [0.15, 0.2) is 0 Å². The zero-order valence-corrected chi connectivity index (χ0v) is 15.5. The van der Waals surface area contributed by atoms with Gasteiger partial charge in [-0.2, -0.15) is 0 Å². The summed E-state index contributed by atoms with van der Waals surface area (Å²) in [7, 11) is 1.48. The van der Waals surface area contributed by atoms with Gasteiger partial charge in [-0.25, -0.2) is 0 Å². The van der Waals surface area contributed by atoms with Crippen molar-refractivity contribution < 1.29 is 19.1 Å². The average Bonchev–Trinajstić information content (AvgIpc) is 2.68. The fourth-order valence-electron chi connectivity index (χ4n) is 5.88. The largest absolute Gasteiger partial charge is 0.469 e. The Labute approximate surface area is 150 Å². The van der Waals surface area contributed by atoms with Crippen LogP contribution in [0.25, 0.3) is 0 Å². The molecule has 1 spiro atoms. The van der Waals surface area contributed by atoms with Crippen LogP contribution in [-0.4, -0.2) is 49.2 Å². The quantitative estimate of drug-likeness (QED) is 0.719. The van der Waals surface area contributed by atoms with E-state index >= 15 is 0 Å². The summed E-state index contributed by atoms with van der Waals surface area (Å²) in [5.41, 5.74) is -0.628. The number of ether oxygens (including phenoxy) is 2. The number of methoxy groups -OCH3 is 1. The van der Waals surface area contributed by atoms with Crippen LogP contribution in [0, 0.1) is 10.8 Å². The first-order chi connectivity index (χ1) is 12.0. The van der Waals surface area contributed by atoms with Crippen molar-refractivity contribution in [3.63, 3.8) is 0 Å². The van der Waals surface area contributed by atoms with E-state index in [1.165, 1.54) is 26.4 Å². The number of fused-ring (bicyclic) bond motifs is 3. The molecular weight excluding hydrogens is 318 g/mol. The Kier molecular flexibility index (Phi) is 4.33. The minimum Gasteiger partial charge on any atom is -0.469 e. The van der Waals surface area contributed by atoms with E-state index in [1.54, 1.807) is 0 Å². The van der Waals surface area contributed by atoms with E-state index in [4.69, 9.17) is 9.47 Å². The fraction of sp³-hybridized carbons (Fsp3) is 0.900. The van der Waals surface area contributed by atoms with Gasteiger partial charge in [0.15, 0.2) is 0 Å². The smallest absolute Gasteiger partial charge is 0.311 e. The van der Waals surface area contributed by atoms with Crippen molar-refractivity contribution in [2.45, 2.75) is 76.2 Å². The number of carbonyl (C=O) groups is 2. The molecule has 1 amide bonds. The van der Waals surface area contributed by atoms with Crippen LogP contribution >= 0.6 is 0 Å². The first-order valence-corrected chi connectivity index (χ1v) is 10.1. The van der Waals surface area contributed by atoms with Crippen molar-refractivity contribution in [2.24, 2.45) is 10.8 Å². The molecule has 0 atom stereocenters. The highest BCUT2D eigenvalue weighted by Gasteiger charge is 2.57. The second-order valence-corrected chi connectivity index (χ2v) is 8.87. The molecule has 0 unspecified atom stereocenters. The average molecular weight is 349 g/mol. The Morgan fingerprint density at radius 2 is 1.48 bits per heavy atom. The van der Waals surface area contributed by atoms with Crippen molar-refractivity contribution in [2.75, 3.05) is 26.8 Å². The molecule has 4 aliphatic carbocycles. The highest BCUT2D eigenvalue weighted by molar-refractivity contribution is 5.85. The molecule has 5 fully saturated rings. The lowest BCUT2D eigenvalue weighted by molar-refractivity contribution is -0.179. The minimum atomic E-state index is -0.313. The van der Waals surface area contributed by atoms with Crippen LogP contribution in [0.3, 0.4) is 0 Å². The molecule has 2 bridgehead atoms. The maximum absolute atomic E-state index is 13.5. The van der Waals surface area contributed by atoms with E-state index in [1.807, 2.05) is 0 Å². The fourth-order valence-corrected chi connectivity index (χ4v) is 5.88. The molecule has 1 heterocycles. The highest BCUT2D eigenvalue weighted by Crippen LogP contribution is 2.58. The summed E-state index contributed by atoms with van der Waals surface area (Å²) in [4.78, 5) is 27.7. The van der Waals surface area contributed by atoms with Gasteiger partial charge in [0.05, 0.1) is 24.7 Å². The standard InChI is InChI=1S/C20H31NO4/c1-24-17(23)19-10-7-18(8-11-19,9-12-19)16(22)21-13-14-25-20(15-21)5-3-2-4-6-20/h2-15H2,1H3. The number of hydrogen-bond acceptors (Lipinski definition) is 4. The molecule has 5 heteroatoms. The molecule has 0 radical (unpaired) electrons. The van der Waals surface area contributed by atoms with E-state index in [9.17, 15) is 9.59 Å². The number of nitrogens with zero attached hydrogens (tertiary/aromatic N) is 1. The number of carbonyl (C=O) groups excluding carboxylic acids is 2. The maximum atomic E-state index is 13.5. The molecule has 0 N–H and O–H groups in total. The third-order valence-electron chi connectivity index (χ3n) is 7.62. The summed E-state index contributed by atoms with van der Waals surface area (Å²) in [6.45, 7) is 2.17. The van der Waals surface area contributed by atoms with Gasteiger partial charge in [-0.05, 0) is 51.4 Å². The van der Waals surface area contributed by atoms with E-state index in [0.29, 0.717) is 12.5 Å². The Balaban J connectivity index is 1.46. The van der Waals surface area contributed by atoms with E-state index in [2.05, 4.69) is 4.90 Å². The molecule has 0 aromatic heterocycles. The lowest BCUT2D eigenvalue weighted by atomic mass is 9.53. The van der Waals surface area contributed by atoms with E-state index in [-0.39, 0.29) is 22.4 Å². The number of hydrogen-bond donors (Lipinski definition) is 0. The molecule has 5 nitrogen and oxygen atoms in total. The van der Waals surface area contributed by atoms with Gasteiger partial charge in [0.1, 0.15) is 0 Å². The van der Waals surface area contributed by atoms with E-state index < -0.39 is 0 Å². The Hall–Kier alpha value is -1.10. The summed E-state index contributed by atoms with van der Waals surface area (Å²) in [6.07, 6.45) is 10.8. The van der Waals surface area contributed by atoms with Gasteiger partial charge in [0.25, 0.3) is 0 Å². The molecule has 5 aliphatic rings. The Morgan fingerprint density at radius 3 is 2.08 bits per heavy atom. The number of amides is 1. The first kappa shape index (κ1) is 17.3. The number of rotatable bonds is 2. The third-order valence-corrected chi connectivity index (χ3v) is 7.62. The van der Waals surface area contributed by atoms with Crippen molar-refractivity contribution in [1.82, 2.24) is 4.90 Å². The molecule has 1 aliphatic heterocycles. The van der Waals surface area contributed by atoms with Crippen LogP contribution in [0.2, 0.25) is 0 Å². The lowest BCUT2D eigenvalue weighted by Gasteiger charge is -2.53. The van der Waals surface area contributed by atoms with Crippen LogP contribution in [-0.2, 0) is 19.1 Å². The SMILES string of the molecule is COC(=O)C12CCC(C(=O)N3CCOC4(CCCCC4)C3)(CC1)CC2. The predicted molar refractivity (Wildman–Crippen MR) is 92.9 cm³/mol. The number of morpholine rings is 1. The monoisotopic (exact) mass is 349 g/mol. The Bertz CT molecular complexity index is 522. The zero-order chi connectivity index (χ0) is 17.5. The second kappa shape index (κ2) is 6.26. The molecule has 25 heavy (non-hydrogen) atoms. The molecule has 4 saturated carbocycles. The van der Waals surface area contributed by atoms with Gasteiger partial charge in [-0.3, -0.25) is 9.59 Å². The molecule has 140 valence electrons. The minimum absolute atomic E-state index is 0.0687. The third kappa shape index (κ3) is 2.79. The topological polar surface area (TPSA) is 55.8 Å². The van der Waals surface area contributed by atoms with Crippen LogP contribution in [0.4, 0.5) is 0 Å². The summed E-state index contributed by atoms with van der Waals surface area (Å²) >= 11 is 0. The Morgan fingerprint density at radius 1 is 0.880 bits per heavy atom. The van der Waals surface area contributed by atoms with Crippen molar-refractivity contribution >= 4 is 11.9 Å². The number of esters is 1. The normalized spacial score (nSPS) is 37.1. The van der Waals surface area contributed by atoms with Crippen molar-refractivity contribution in [3.05, 3.63) is 0 Å². The van der Waals surface area contributed by atoms with Crippen LogP contribution in [0.1, 0.15) is 70.6 Å². The maximum Gasteiger partial charge on any atom is 0.311 e. The molecular formula is C20H31NO4. The van der Waals surface area contributed by atoms with Crippen molar-refractivity contribution in [3.8, 4) is 0 Å². The molecule has 0 aromatic rings. The summed E-state index contributed by atoms with van der Waals surface area (Å²) in [6, 6.07) is 0. The van der Waals surface area contributed by atoms with Gasteiger partial charge >= 0.3 is 5.97 Å². The van der Waals surface area contributed by atoms with Crippen LogP contribution in [0.5, 0.6) is 0 Å². The van der Waals surface area contributed by atoms with Crippen molar-refractivity contribution in [1.29, 1.82) is 0 Å². The van der Waals surface area contributed by atoms with Gasteiger partial charge in [0, 0.05) is 18.5 Å². The van der Waals surface area contributed by atoms with Crippen LogP contribution < -0.4 is 0 Å². The molecule has 5 rings (SSSR count). The molecule has 0 aromatic carbocycles. The van der Waals surface area contributed by atoms with Gasteiger partial charge in [-0.1, -0.05) is 19.3 Å². The van der Waals surface area contributed by atoms with Gasteiger partial charge in [0.2, 0.25) is 5.91 Å². The highest BCUT2D eigenvalue weighted by atomic mass is 16.5. The lowest BCUT2D eigenvalue weighted by Crippen LogP contribution is -2.60. The summed E-state index contributed by atoms with van der Waals surface area (Å²) in [5, 5.41) is 0. The predicted octanol–water partition coefficient (Wildman–Crippen LogP) is 3.06. The first-order valence-electron chi connectivity index (χ1n) is 10.1. The van der Waals surface area contributed by atoms with Gasteiger partial charge < -0.3 is 14.4 Å². The van der Waals surface area contributed by atoms with E-state index in [0.717, 1.165) is 64.5 Å².